The number of pyridine rings is 1. The Bertz CT molecular complexity index is 835. The Balaban J connectivity index is 1.88. The van der Waals surface area contributed by atoms with E-state index in [2.05, 4.69) is 4.98 Å². The molecule has 128 valence electrons. The first-order valence-electron chi connectivity index (χ1n) is 8.60. The van der Waals surface area contributed by atoms with Crippen molar-refractivity contribution in [2.45, 2.75) is 44.8 Å². The van der Waals surface area contributed by atoms with Crippen molar-refractivity contribution in [3.63, 3.8) is 0 Å². The van der Waals surface area contributed by atoms with Crippen molar-refractivity contribution >= 4 is 28.2 Å². The van der Waals surface area contributed by atoms with Gasteiger partial charge in [-0.1, -0.05) is 24.1 Å². The number of halogens is 1. The van der Waals surface area contributed by atoms with Gasteiger partial charge in [0, 0.05) is 5.39 Å². The highest BCUT2D eigenvalue weighted by Gasteiger charge is 2.38. The molecule has 0 amide bonds. The number of fused-ring (bicyclic) bond motifs is 3. The van der Waals surface area contributed by atoms with Crippen LogP contribution >= 0.6 is 11.6 Å². The van der Waals surface area contributed by atoms with Crippen molar-refractivity contribution < 1.29 is 4.84 Å². The lowest BCUT2D eigenvalue weighted by Gasteiger charge is -2.35. The number of hydrogen-bond acceptors (Lipinski definition) is 4. The largest absolute Gasteiger partial charge is 0.330 e. The minimum atomic E-state index is -0.275. The summed E-state index contributed by atoms with van der Waals surface area (Å²) >= 11 is 6.48. The highest BCUT2D eigenvalue weighted by Crippen LogP contribution is 2.45. The van der Waals surface area contributed by atoms with Crippen LogP contribution in [0.25, 0.3) is 10.9 Å². The normalized spacial score (nSPS) is 26.8. The van der Waals surface area contributed by atoms with Gasteiger partial charge in [-0.3, -0.25) is 9.63 Å². The first-order valence-corrected chi connectivity index (χ1v) is 8.98. The Kier molecular flexibility index (Phi) is 4.03. The van der Waals surface area contributed by atoms with Gasteiger partial charge < -0.3 is 10.7 Å². The summed E-state index contributed by atoms with van der Waals surface area (Å²) in [7, 11) is 0. The fourth-order valence-electron chi connectivity index (χ4n) is 4.14. The predicted molar refractivity (Wildman–Crippen MR) is 96.4 cm³/mol. The van der Waals surface area contributed by atoms with Gasteiger partial charge in [-0.2, -0.15) is 0 Å². The molecule has 24 heavy (non-hydrogen) atoms. The van der Waals surface area contributed by atoms with Crippen LogP contribution in [0, 0.1) is 5.92 Å². The van der Waals surface area contributed by atoms with Gasteiger partial charge in [0.1, 0.15) is 6.10 Å². The molecule has 5 nitrogen and oxygen atoms in total. The first kappa shape index (κ1) is 15.9. The van der Waals surface area contributed by atoms with E-state index in [9.17, 15) is 4.79 Å². The van der Waals surface area contributed by atoms with Crippen LogP contribution in [0.1, 0.15) is 44.3 Å². The maximum atomic E-state index is 12.6. The highest BCUT2D eigenvalue weighted by molar-refractivity contribution is 6.36. The van der Waals surface area contributed by atoms with Crippen molar-refractivity contribution in [3.8, 4) is 0 Å². The average Bonchev–Trinajstić information content (AvgIpc) is 2.93. The zero-order valence-electron chi connectivity index (χ0n) is 13.7. The molecule has 1 aromatic heterocycles. The molecule has 0 spiro atoms. The number of anilines is 1. The van der Waals surface area contributed by atoms with E-state index in [1.165, 1.54) is 6.42 Å². The number of aromatic nitrogens is 1. The van der Waals surface area contributed by atoms with Crippen molar-refractivity contribution in [2.75, 3.05) is 11.6 Å². The molecule has 2 heterocycles. The fraction of sp³-hybridized carbons (Fsp3) is 0.500. The van der Waals surface area contributed by atoms with Crippen LogP contribution in [-0.4, -0.2) is 17.6 Å². The molecule has 3 unspecified atom stereocenters. The third-order valence-electron chi connectivity index (χ3n) is 5.32. The smallest absolute Gasteiger partial charge is 0.256 e. The molecule has 1 aliphatic heterocycles. The van der Waals surface area contributed by atoms with E-state index in [0.717, 1.165) is 35.9 Å². The summed E-state index contributed by atoms with van der Waals surface area (Å²) in [6.45, 7) is 2.61. The molecule has 1 aliphatic carbocycles. The second kappa shape index (κ2) is 6.06. The van der Waals surface area contributed by atoms with Gasteiger partial charge in [0.15, 0.2) is 0 Å². The van der Waals surface area contributed by atoms with Crippen LogP contribution in [0.2, 0.25) is 5.02 Å². The number of aromatic amines is 1. The van der Waals surface area contributed by atoms with Crippen molar-refractivity contribution in [3.05, 3.63) is 39.1 Å². The van der Waals surface area contributed by atoms with Crippen LogP contribution in [0.3, 0.4) is 0 Å². The second-order valence-corrected chi connectivity index (χ2v) is 7.28. The standard InChI is InChI=1S/C18H22ClN3O2/c1-10-15-17(16-13(19)6-3-7-14(16)21-18(15)23)22(24-10)12-5-2-4-11(8-12)9-20/h3,6-7,10-12H,2,4-5,8-9,20H2,1H3,(H,21,23). The van der Waals surface area contributed by atoms with Gasteiger partial charge in [0.2, 0.25) is 0 Å². The molecule has 1 saturated carbocycles. The van der Waals surface area contributed by atoms with E-state index in [1.54, 1.807) is 0 Å². The minimum Gasteiger partial charge on any atom is -0.330 e. The lowest BCUT2D eigenvalue weighted by atomic mass is 9.85. The Labute approximate surface area is 145 Å². The Morgan fingerprint density at radius 1 is 1.42 bits per heavy atom. The second-order valence-electron chi connectivity index (χ2n) is 6.87. The summed E-state index contributed by atoms with van der Waals surface area (Å²) in [6.07, 6.45) is 4.05. The van der Waals surface area contributed by atoms with Crippen molar-refractivity contribution in [2.24, 2.45) is 11.7 Å². The minimum absolute atomic E-state index is 0.0963. The number of hydroxylamine groups is 1. The highest BCUT2D eigenvalue weighted by atomic mass is 35.5. The number of benzene rings is 1. The third-order valence-corrected chi connectivity index (χ3v) is 5.63. The molecular weight excluding hydrogens is 326 g/mol. The zero-order chi connectivity index (χ0) is 16.8. The molecule has 6 heteroatoms. The van der Waals surface area contributed by atoms with E-state index in [1.807, 2.05) is 30.2 Å². The van der Waals surface area contributed by atoms with E-state index in [4.69, 9.17) is 22.2 Å². The van der Waals surface area contributed by atoms with Crippen LogP contribution in [0.5, 0.6) is 0 Å². The van der Waals surface area contributed by atoms with Gasteiger partial charge in [0.25, 0.3) is 5.56 Å². The quantitative estimate of drug-likeness (QED) is 0.872. The van der Waals surface area contributed by atoms with Gasteiger partial charge >= 0.3 is 0 Å². The van der Waals surface area contributed by atoms with E-state index in [0.29, 0.717) is 23.0 Å². The number of nitrogens with zero attached hydrogens (tertiary/aromatic N) is 1. The van der Waals surface area contributed by atoms with E-state index < -0.39 is 0 Å². The third kappa shape index (κ3) is 2.42. The Hall–Kier alpha value is -1.56. The van der Waals surface area contributed by atoms with Crippen LogP contribution < -0.4 is 16.4 Å². The lowest BCUT2D eigenvalue weighted by molar-refractivity contribution is 0.0367. The summed E-state index contributed by atoms with van der Waals surface area (Å²) in [6, 6.07) is 5.82. The summed E-state index contributed by atoms with van der Waals surface area (Å²) < 4.78 is 0. The molecule has 1 fully saturated rings. The number of nitrogens with two attached hydrogens (primary N) is 1. The van der Waals surface area contributed by atoms with Crippen LogP contribution in [0.4, 0.5) is 5.69 Å². The average molecular weight is 348 g/mol. The Morgan fingerprint density at radius 3 is 3.04 bits per heavy atom. The van der Waals surface area contributed by atoms with Crippen LogP contribution in [-0.2, 0) is 4.84 Å². The van der Waals surface area contributed by atoms with Crippen molar-refractivity contribution in [1.29, 1.82) is 0 Å². The van der Waals surface area contributed by atoms with E-state index in [-0.39, 0.29) is 17.7 Å². The molecule has 3 N–H and O–H groups in total. The topological polar surface area (TPSA) is 71.3 Å². The number of hydrogen-bond donors (Lipinski definition) is 2. The monoisotopic (exact) mass is 347 g/mol. The van der Waals surface area contributed by atoms with Gasteiger partial charge in [-0.25, -0.2) is 5.06 Å². The van der Waals surface area contributed by atoms with Crippen LogP contribution in [0.15, 0.2) is 23.0 Å². The van der Waals surface area contributed by atoms with Crippen molar-refractivity contribution in [1.82, 2.24) is 4.98 Å². The number of rotatable bonds is 2. The molecule has 2 aromatic rings. The zero-order valence-corrected chi connectivity index (χ0v) is 14.5. The van der Waals surface area contributed by atoms with Gasteiger partial charge in [-0.15, -0.1) is 0 Å². The summed E-state index contributed by atoms with van der Waals surface area (Å²) in [5.41, 5.74) is 8.06. The maximum Gasteiger partial charge on any atom is 0.256 e. The first-order chi connectivity index (χ1) is 11.6. The number of H-pyrrole nitrogens is 1. The predicted octanol–water partition coefficient (Wildman–Crippen LogP) is 3.51. The Morgan fingerprint density at radius 2 is 2.25 bits per heavy atom. The summed E-state index contributed by atoms with van der Waals surface area (Å²) in [5, 5.41) is 3.45. The maximum absolute atomic E-state index is 12.6. The summed E-state index contributed by atoms with van der Waals surface area (Å²) in [4.78, 5) is 21.6. The molecule has 3 atom stereocenters. The molecule has 0 saturated heterocycles. The summed E-state index contributed by atoms with van der Waals surface area (Å²) in [5.74, 6) is 0.510. The molecule has 1 aromatic carbocycles. The van der Waals surface area contributed by atoms with Gasteiger partial charge in [-0.05, 0) is 50.8 Å². The fourth-order valence-corrected chi connectivity index (χ4v) is 4.41. The van der Waals surface area contributed by atoms with E-state index >= 15 is 0 Å². The number of nitrogens with one attached hydrogen (secondary N) is 1. The molecule has 0 bridgehead atoms. The molecule has 0 radical (unpaired) electrons. The van der Waals surface area contributed by atoms with Gasteiger partial charge in [0.05, 0.1) is 27.8 Å². The SMILES string of the molecule is CC1ON(C2CCCC(CN)C2)c2c1c(=O)[nH]c1cccc(Cl)c21. The molecule has 2 aliphatic rings. The molecule has 4 rings (SSSR count). The lowest BCUT2D eigenvalue weighted by Crippen LogP contribution is -2.38. The molecular formula is C18H22ClN3O2.